The van der Waals surface area contributed by atoms with E-state index < -0.39 is 0 Å². The van der Waals surface area contributed by atoms with E-state index in [1.165, 1.54) is 80.9 Å². The van der Waals surface area contributed by atoms with Crippen LogP contribution in [0.4, 0.5) is 0 Å². The molecule has 0 N–H and O–H groups in total. The van der Waals surface area contributed by atoms with Crippen LogP contribution in [-0.2, 0) is 13.5 Å². The molecule has 1 fully saturated rings. The quantitative estimate of drug-likeness (QED) is 0.261. The maximum absolute atomic E-state index is 6.70. The molecule has 1 aliphatic carbocycles. The van der Waals surface area contributed by atoms with Crippen LogP contribution in [0, 0.1) is 19.8 Å². The molecule has 3 aromatic carbocycles. The van der Waals surface area contributed by atoms with Gasteiger partial charge in [-0.2, -0.15) is 4.57 Å². The van der Waals surface area contributed by atoms with Gasteiger partial charge in [-0.3, -0.25) is 0 Å². The third-order valence-corrected chi connectivity index (χ3v) is 7.98. The number of hydrogen-bond acceptors (Lipinski definition) is 1. The Morgan fingerprint density at radius 1 is 0.939 bits per heavy atom. The van der Waals surface area contributed by atoms with Gasteiger partial charge in [0, 0.05) is 17.5 Å². The highest BCUT2D eigenvalue weighted by Gasteiger charge is 2.32. The van der Waals surface area contributed by atoms with Crippen LogP contribution in [0.5, 0.6) is 11.5 Å². The standard InChI is InChI=1S/C31H34NO/c1-18(2)12-21-14-25-13-19(3)20(4)29-30(25)27(15-21)33-28-17-24-16-23(22-8-6-7-9-22)10-11-26(24)32(5)31(28)29/h10-11,13-18,22H,6-9,12H2,1-5H3/q+1. The SMILES string of the molecule is Cc1cc2cc(CC(C)C)cc3c2c(c1C)-c1c(cc2cc(C4CCCC4)ccc2[n+]1C)O3. The van der Waals surface area contributed by atoms with Crippen LogP contribution in [0.25, 0.3) is 32.9 Å². The number of ether oxygens (including phenoxy) is 1. The zero-order valence-corrected chi connectivity index (χ0v) is 20.6. The molecule has 2 aliphatic rings. The van der Waals surface area contributed by atoms with Crippen molar-refractivity contribution in [2.45, 2.75) is 65.7 Å². The van der Waals surface area contributed by atoms with Crippen molar-refractivity contribution in [1.29, 1.82) is 0 Å². The summed E-state index contributed by atoms with van der Waals surface area (Å²) in [4.78, 5) is 0. The van der Waals surface area contributed by atoms with Crippen molar-refractivity contribution in [2.75, 3.05) is 0 Å². The lowest BCUT2D eigenvalue weighted by atomic mass is 9.88. The molecular formula is C31H34NO+. The minimum Gasteiger partial charge on any atom is -0.450 e. The largest absolute Gasteiger partial charge is 0.450 e. The van der Waals surface area contributed by atoms with Crippen molar-refractivity contribution in [1.82, 2.24) is 0 Å². The van der Waals surface area contributed by atoms with Crippen molar-refractivity contribution in [3.8, 4) is 22.8 Å². The summed E-state index contributed by atoms with van der Waals surface area (Å²) in [5.41, 5.74) is 9.35. The molecule has 0 bridgehead atoms. The van der Waals surface area contributed by atoms with E-state index in [1.54, 1.807) is 0 Å². The molecule has 1 aliphatic heterocycles. The number of pyridine rings is 1. The molecule has 2 nitrogen and oxygen atoms in total. The minimum absolute atomic E-state index is 0.618. The predicted molar refractivity (Wildman–Crippen MR) is 137 cm³/mol. The Bertz CT molecular complexity index is 1420. The van der Waals surface area contributed by atoms with Gasteiger partial charge in [0.2, 0.25) is 5.52 Å². The van der Waals surface area contributed by atoms with Crippen molar-refractivity contribution < 1.29 is 9.30 Å². The number of fused-ring (bicyclic) bond motifs is 3. The highest BCUT2D eigenvalue weighted by Crippen LogP contribution is 2.48. The van der Waals surface area contributed by atoms with Gasteiger partial charge in [0.25, 0.3) is 5.69 Å². The fourth-order valence-corrected chi connectivity index (χ4v) is 6.26. The molecule has 2 heteroatoms. The van der Waals surface area contributed by atoms with Crippen molar-refractivity contribution >= 4 is 21.7 Å². The van der Waals surface area contributed by atoms with Gasteiger partial charge in [-0.05, 0) is 84.7 Å². The molecule has 33 heavy (non-hydrogen) atoms. The van der Waals surface area contributed by atoms with E-state index in [4.69, 9.17) is 4.74 Å². The monoisotopic (exact) mass is 436 g/mol. The lowest BCUT2D eigenvalue weighted by Crippen LogP contribution is -2.33. The molecule has 168 valence electrons. The molecule has 0 atom stereocenters. The maximum atomic E-state index is 6.70. The van der Waals surface area contributed by atoms with Gasteiger partial charge in [0.1, 0.15) is 12.8 Å². The van der Waals surface area contributed by atoms with Crippen LogP contribution < -0.4 is 9.30 Å². The van der Waals surface area contributed by atoms with E-state index in [0.717, 1.165) is 23.8 Å². The molecule has 6 rings (SSSR count). The van der Waals surface area contributed by atoms with E-state index in [2.05, 4.69) is 81.8 Å². The lowest BCUT2D eigenvalue weighted by molar-refractivity contribution is -0.633. The smallest absolute Gasteiger partial charge is 0.256 e. The summed E-state index contributed by atoms with van der Waals surface area (Å²) in [6.07, 6.45) is 6.44. The van der Waals surface area contributed by atoms with Crippen LogP contribution in [0.1, 0.15) is 67.7 Å². The Balaban J connectivity index is 1.61. The lowest BCUT2D eigenvalue weighted by Gasteiger charge is -2.23. The van der Waals surface area contributed by atoms with E-state index >= 15 is 0 Å². The average molecular weight is 437 g/mol. The minimum atomic E-state index is 0.618. The Morgan fingerprint density at radius 2 is 1.73 bits per heavy atom. The summed E-state index contributed by atoms with van der Waals surface area (Å²) < 4.78 is 9.06. The second-order valence-electron chi connectivity index (χ2n) is 10.8. The van der Waals surface area contributed by atoms with Crippen LogP contribution in [0.15, 0.2) is 42.5 Å². The molecule has 0 amide bonds. The highest BCUT2D eigenvalue weighted by atomic mass is 16.5. The Labute approximate surface area is 197 Å². The van der Waals surface area contributed by atoms with E-state index in [9.17, 15) is 0 Å². The van der Waals surface area contributed by atoms with Crippen molar-refractivity contribution in [3.63, 3.8) is 0 Å². The van der Waals surface area contributed by atoms with Gasteiger partial charge in [0.05, 0.1) is 10.9 Å². The van der Waals surface area contributed by atoms with Gasteiger partial charge >= 0.3 is 0 Å². The molecule has 2 heterocycles. The van der Waals surface area contributed by atoms with E-state index in [0.29, 0.717) is 5.92 Å². The van der Waals surface area contributed by atoms with Crippen LogP contribution >= 0.6 is 0 Å². The molecule has 1 saturated carbocycles. The summed E-state index contributed by atoms with van der Waals surface area (Å²) in [5.74, 6) is 3.33. The first kappa shape index (κ1) is 20.7. The third kappa shape index (κ3) is 3.26. The number of benzene rings is 3. The number of nitrogens with zero attached hydrogens (tertiary/aromatic N) is 1. The number of aromatic nitrogens is 1. The molecule has 0 saturated heterocycles. The molecule has 0 radical (unpaired) electrons. The zero-order chi connectivity index (χ0) is 22.9. The van der Waals surface area contributed by atoms with Crippen molar-refractivity contribution in [3.05, 3.63) is 64.7 Å². The Kier molecular flexibility index (Phi) is 4.76. The van der Waals surface area contributed by atoms with Gasteiger partial charge in [-0.1, -0.05) is 44.9 Å². The normalized spacial score (nSPS) is 15.5. The summed E-state index contributed by atoms with van der Waals surface area (Å²) in [5, 5.41) is 3.84. The van der Waals surface area contributed by atoms with Crippen LogP contribution in [-0.4, -0.2) is 0 Å². The summed E-state index contributed by atoms with van der Waals surface area (Å²) in [7, 11) is 2.20. The van der Waals surface area contributed by atoms with Gasteiger partial charge < -0.3 is 4.74 Å². The Morgan fingerprint density at radius 3 is 2.48 bits per heavy atom. The molecule has 0 unspecified atom stereocenters. The third-order valence-electron chi connectivity index (χ3n) is 7.98. The maximum Gasteiger partial charge on any atom is 0.256 e. The van der Waals surface area contributed by atoms with E-state index in [-0.39, 0.29) is 0 Å². The number of hydrogen-bond donors (Lipinski definition) is 0. The number of aryl methyl sites for hydroxylation is 2. The van der Waals surface area contributed by atoms with Gasteiger partial charge in [-0.15, -0.1) is 0 Å². The fraction of sp³-hybridized carbons (Fsp3) is 0.387. The topological polar surface area (TPSA) is 13.1 Å². The predicted octanol–water partition coefficient (Wildman–Crippen LogP) is 8.06. The molecule has 1 aromatic heterocycles. The fourth-order valence-electron chi connectivity index (χ4n) is 6.26. The molecular weight excluding hydrogens is 402 g/mol. The summed E-state index contributed by atoms with van der Waals surface area (Å²) >= 11 is 0. The van der Waals surface area contributed by atoms with Crippen LogP contribution in [0.3, 0.4) is 0 Å². The van der Waals surface area contributed by atoms with Gasteiger partial charge in [0.15, 0.2) is 5.75 Å². The zero-order valence-electron chi connectivity index (χ0n) is 20.6. The first-order chi connectivity index (χ1) is 15.9. The highest BCUT2D eigenvalue weighted by molar-refractivity contribution is 6.05. The van der Waals surface area contributed by atoms with E-state index in [1.807, 2.05) is 0 Å². The second-order valence-corrected chi connectivity index (χ2v) is 10.8. The van der Waals surface area contributed by atoms with Gasteiger partial charge in [-0.25, -0.2) is 0 Å². The molecule has 0 spiro atoms. The number of rotatable bonds is 3. The molecule has 4 aromatic rings. The second kappa shape index (κ2) is 7.58. The summed E-state index contributed by atoms with van der Waals surface area (Å²) in [6.45, 7) is 9.07. The first-order valence-electron chi connectivity index (χ1n) is 12.6. The average Bonchev–Trinajstić information content (AvgIpc) is 3.31. The summed E-state index contributed by atoms with van der Waals surface area (Å²) in [6, 6.07) is 16.4. The van der Waals surface area contributed by atoms with Crippen molar-refractivity contribution in [2.24, 2.45) is 13.0 Å². The first-order valence-corrected chi connectivity index (χ1v) is 12.6. The Hall–Kier alpha value is -2.87. The van der Waals surface area contributed by atoms with Crippen LogP contribution in [0.2, 0.25) is 0 Å².